The van der Waals surface area contributed by atoms with E-state index in [-0.39, 0.29) is 0 Å². The predicted octanol–water partition coefficient (Wildman–Crippen LogP) is 4.25. The van der Waals surface area contributed by atoms with Gasteiger partial charge in [0.25, 0.3) is 10.0 Å². The topological polar surface area (TPSA) is 46.2 Å². The van der Waals surface area contributed by atoms with Crippen LogP contribution in [0, 0.1) is 0 Å². The lowest BCUT2D eigenvalue weighted by Crippen LogP contribution is -2.09. The van der Waals surface area contributed by atoms with E-state index in [4.69, 9.17) is 0 Å². The van der Waals surface area contributed by atoms with Crippen molar-refractivity contribution < 1.29 is 8.42 Å². The van der Waals surface area contributed by atoms with E-state index in [9.17, 15) is 8.42 Å². The van der Waals surface area contributed by atoms with Crippen molar-refractivity contribution in [1.29, 1.82) is 0 Å². The van der Waals surface area contributed by atoms with Crippen molar-refractivity contribution in [3.63, 3.8) is 0 Å². The van der Waals surface area contributed by atoms with E-state index < -0.39 is 10.0 Å². The Morgan fingerprint density at radius 1 is 0.773 bits per heavy atom. The van der Waals surface area contributed by atoms with Crippen LogP contribution in [0.3, 0.4) is 0 Å². The summed E-state index contributed by atoms with van der Waals surface area (Å²) in [6.07, 6.45) is 1.58. The van der Waals surface area contributed by atoms with Crippen molar-refractivity contribution >= 4 is 32.6 Å². The minimum atomic E-state index is -3.55. The summed E-state index contributed by atoms with van der Waals surface area (Å²) >= 11 is 0. The Morgan fingerprint density at radius 2 is 1.45 bits per heavy atom. The third-order valence-electron chi connectivity index (χ3n) is 3.28. The molecule has 0 amide bonds. The predicted molar refractivity (Wildman–Crippen MR) is 92.0 cm³/mol. The molecule has 0 saturated carbocycles. The van der Waals surface area contributed by atoms with Gasteiger partial charge in [-0.1, -0.05) is 66.7 Å². The molecule has 1 N–H and O–H groups in total. The first kappa shape index (κ1) is 14.4. The lowest BCUT2D eigenvalue weighted by atomic mass is 10.1. The third kappa shape index (κ3) is 3.35. The smallest absolute Gasteiger partial charge is 0.255 e. The van der Waals surface area contributed by atoms with E-state index in [1.165, 1.54) is 5.41 Å². The van der Waals surface area contributed by atoms with Crippen molar-refractivity contribution in [3.05, 3.63) is 83.8 Å². The molecule has 0 spiro atoms. The Bertz CT molecular complexity index is 911. The summed E-state index contributed by atoms with van der Waals surface area (Å²) in [7, 11) is -3.55. The van der Waals surface area contributed by atoms with Crippen molar-refractivity contribution in [3.8, 4) is 0 Å². The number of hydrogen-bond donors (Lipinski definition) is 1. The third-order valence-corrected chi connectivity index (χ3v) is 4.28. The van der Waals surface area contributed by atoms with Crippen LogP contribution in [0.1, 0.15) is 5.56 Å². The second-order valence-electron chi connectivity index (χ2n) is 4.89. The SMILES string of the molecule is O=S(=O)(/C=C\c1ccccc1)Nc1cccc2ccccc12. The number of hydrogen-bond acceptors (Lipinski definition) is 2. The highest BCUT2D eigenvalue weighted by Gasteiger charge is 2.08. The summed E-state index contributed by atoms with van der Waals surface area (Å²) in [6, 6.07) is 22.5. The van der Waals surface area contributed by atoms with Crippen LogP contribution in [0.2, 0.25) is 0 Å². The van der Waals surface area contributed by atoms with Gasteiger partial charge in [0.05, 0.1) is 11.1 Å². The van der Waals surface area contributed by atoms with Crippen LogP contribution in [-0.4, -0.2) is 8.42 Å². The first-order chi connectivity index (χ1) is 10.6. The molecule has 3 rings (SSSR count). The summed E-state index contributed by atoms with van der Waals surface area (Å²) in [5, 5.41) is 3.06. The van der Waals surface area contributed by atoms with E-state index in [1.54, 1.807) is 12.1 Å². The van der Waals surface area contributed by atoms with Crippen molar-refractivity contribution in [1.82, 2.24) is 0 Å². The highest BCUT2D eigenvalue weighted by molar-refractivity contribution is 7.95. The molecule has 22 heavy (non-hydrogen) atoms. The average Bonchev–Trinajstić information content (AvgIpc) is 2.54. The second-order valence-corrected chi connectivity index (χ2v) is 6.45. The summed E-state index contributed by atoms with van der Waals surface area (Å²) < 4.78 is 27.1. The highest BCUT2D eigenvalue weighted by atomic mass is 32.2. The standard InChI is InChI=1S/C18H15NO2S/c20-22(21,14-13-15-7-2-1-3-8-15)19-18-12-6-10-16-9-4-5-11-17(16)18/h1-14,19H/b14-13-. The Balaban J connectivity index is 1.89. The molecule has 3 aromatic rings. The summed E-state index contributed by atoms with van der Waals surface area (Å²) in [6.45, 7) is 0. The molecule has 4 heteroatoms. The molecule has 0 aromatic heterocycles. The summed E-state index contributed by atoms with van der Waals surface area (Å²) in [5.74, 6) is 0. The molecule has 0 aliphatic heterocycles. The van der Waals surface area contributed by atoms with Crippen molar-refractivity contribution in [2.75, 3.05) is 4.72 Å². The Labute approximate surface area is 130 Å². The largest absolute Gasteiger partial charge is 0.279 e. The molecule has 0 heterocycles. The van der Waals surface area contributed by atoms with Crippen LogP contribution in [0.4, 0.5) is 5.69 Å². The van der Waals surface area contributed by atoms with Crippen LogP contribution in [-0.2, 0) is 10.0 Å². The average molecular weight is 309 g/mol. The molecule has 0 radical (unpaired) electrons. The number of anilines is 1. The highest BCUT2D eigenvalue weighted by Crippen LogP contribution is 2.24. The first-order valence-electron chi connectivity index (χ1n) is 6.88. The van der Waals surface area contributed by atoms with Gasteiger partial charge in [0.15, 0.2) is 0 Å². The molecular formula is C18H15NO2S. The van der Waals surface area contributed by atoms with Crippen LogP contribution in [0.5, 0.6) is 0 Å². The molecule has 0 fully saturated rings. The first-order valence-corrected chi connectivity index (χ1v) is 8.42. The molecule has 0 bridgehead atoms. The molecule has 0 aliphatic carbocycles. The zero-order chi connectivity index (χ0) is 15.4. The number of sulfonamides is 1. The fourth-order valence-electron chi connectivity index (χ4n) is 2.23. The van der Waals surface area contributed by atoms with Crippen LogP contribution < -0.4 is 4.72 Å². The monoisotopic (exact) mass is 309 g/mol. The molecule has 0 unspecified atom stereocenters. The van der Waals surface area contributed by atoms with E-state index in [1.807, 2.05) is 66.7 Å². The minimum absolute atomic E-state index is 0.579. The zero-order valence-electron chi connectivity index (χ0n) is 11.8. The molecule has 0 atom stereocenters. The van der Waals surface area contributed by atoms with Crippen LogP contribution >= 0.6 is 0 Å². The lowest BCUT2D eigenvalue weighted by Gasteiger charge is -2.08. The van der Waals surface area contributed by atoms with E-state index in [0.717, 1.165) is 16.3 Å². The van der Waals surface area contributed by atoms with E-state index in [0.29, 0.717) is 5.69 Å². The van der Waals surface area contributed by atoms with Gasteiger partial charge in [-0.15, -0.1) is 0 Å². The fraction of sp³-hybridized carbons (Fsp3) is 0. The Hall–Kier alpha value is -2.59. The van der Waals surface area contributed by atoms with Gasteiger partial charge in [-0.2, -0.15) is 0 Å². The maximum atomic E-state index is 12.2. The lowest BCUT2D eigenvalue weighted by molar-refractivity contribution is 0.609. The summed E-state index contributed by atoms with van der Waals surface area (Å²) in [5.41, 5.74) is 1.42. The number of fused-ring (bicyclic) bond motifs is 1. The zero-order valence-corrected chi connectivity index (χ0v) is 12.6. The van der Waals surface area contributed by atoms with Gasteiger partial charge in [-0.3, -0.25) is 4.72 Å². The van der Waals surface area contributed by atoms with Crippen molar-refractivity contribution in [2.24, 2.45) is 0 Å². The van der Waals surface area contributed by atoms with Crippen LogP contribution in [0.25, 0.3) is 16.8 Å². The molecule has 0 aliphatic rings. The van der Waals surface area contributed by atoms with E-state index >= 15 is 0 Å². The molecular weight excluding hydrogens is 294 g/mol. The quantitative estimate of drug-likeness (QED) is 0.783. The normalized spacial score (nSPS) is 11.8. The minimum Gasteiger partial charge on any atom is -0.279 e. The Kier molecular flexibility index (Phi) is 3.94. The van der Waals surface area contributed by atoms with Gasteiger partial charge in [-0.05, 0) is 23.1 Å². The van der Waals surface area contributed by atoms with E-state index in [2.05, 4.69) is 4.72 Å². The summed E-state index contributed by atoms with van der Waals surface area (Å²) in [4.78, 5) is 0. The van der Waals surface area contributed by atoms with Gasteiger partial charge in [0, 0.05) is 5.39 Å². The fourth-order valence-corrected chi connectivity index (χ4v) is 3.12. The second kappa shape index (κ2) is 6.03. The Morgan fingerprint density at radius 3 is 2.27 bits per heavy atom. The van der Waals surface area contributed by atoms with Gasteiger partial charge in [0.1, 0.15) is 0 Å². The van der Waals surface area contributed by atoms with Crippen LogP contribution in [0.15, 0.2) is 78.2 Å². The number of nitrogens with one attached hydrogen (secondary N) is 1. The van der Waals surface area contributed by atoms with Gasteiger partial charge in [0.2, 0.25) is 0 Å². The van der Waals surface area contributed by atoms with Gasteiger partial charge >= 0.3 is 0 Å². The van der Waals surface area contributed by atoms with Gasteiger partial charge in [-0.25, -0.2) is 8.42 Å². The van der Waals surface area contributed by atoms with Crippen molar-refractivity contribution in [2.45, 2.75) is 0 Å². The number of benzene rings is 3. The molecule has 110 valence electrons. The molecule has 0 saturated heterocycles. The number of rotatable bonds is 4. The maximum absolute atomic E-state index is 12.2. The molecule has 3 aromatic carbocycles. The molecule has 3 nitrogen and oxygen atoms in total. The van der Waals surface area contributed by atoms with Gasteiger partial charge < -0.3 is 0 Å². The maximum Gasteiger partial charge on any atom is 0.255 e.